The van der Waals surface area contributed by atoms with Crippen molar-refractivity contribution in [3.05, 3.63) is 89.0 Å². The van der Waals surface area contributed by atoms with Crippen LogP contribution >= 0.6 is 0 Å². The highest BCUT2D eigenvalue weighted by atomic mass is 19.1. The van der Waals surface area contributed by atoms with Crippen LogP contribution in [-0.4, -0.2) is 44.5 Å². The van der Waals surface area contributed by atoms with Crippen molar-refractivity contribution in [3.63, 3.8) is 0 Å². The molecule has 1 saturated heterocycles. The molecule has 0 saturated carbocycles. The molecule has 0 aliphatic carbocycles. The highest BCUT2D eigenvalue weighted by Gasteiger charge is 2.21. The average molecular weight is 486 g/mol. The second-order valence-electron chi connectivity index (χ2n) is 9.67. The molecule has 3 heterocycles. The molecular weight excluding hydrogens is 453 g/mol. The molecule has 7 heteroatoms. The normalized spacial score (nSPS) is 14.9. The number of rotatable bonds is 7. The van der Waals surface area contributed by atoms with E-state index in [1.165, 1.54) is 17.7 Å². The Kier molecular flexibility index (Phi) is 7.09. The molecule has 0 spiro atoms. The molecule has 0 atom stereocenters. The molecule has 2 aromatic carbocycles. The van der Waals surface area contributed by atoms with Gasteiger partial charge in [-0.3, -0.25) is 9.69 Å². The van der Waals surface area contributed by atoms with Crippen LogP contribution in [-0.2, 0) is 17.8 Å². The molecule has 1 amide bonds. The Morgan fingerprint density at radius 1 is 1.06 bits per heavy atom. The van der Waals surface area contributed by atoms with Crippen LogP contribution in [0.2, 0.25) is 0 Å². The van der Waals surface area contributed by atoms with Crippen molar-refractivity contribution in [2.24, 2.45) is 0 Å². The molecule has 186 valence electrons. The van der Waals surface area contributed by atoms with Gasteiger partial charge in [0.2, 0.25) is 5.91 Å². The van der Waals surface area contributed by atoms with E-state index in [9.17, 15) is 9.18 Å². The minimum atomic E-state index is -0.293. The number of benzene rings is 2. The number of nitrogens with one attached hydrogen (secondary N) is 1. The molecule has 5 rings (SSSR count). The molecule has 0 bridgehead atoms. The summed E-state index contributed by atoms with van der Waals surface area (Å²) in [5.41, 5.74) is 6.33. The number of hydrogen-bond donors (Lipinski definition) is 1. The Hall–Kier alpha value is -3.58. The van der Waals surface area contributed by atoms with Gasteiger partial charge in [-0.15, -0.1) is 0 Å². The van der Waals surface area contributed by atoms with Gasteiger partial charge >= 0.3 is 0 Å². The largest absolute Gasteiger partial charge is 0.353 e. The number of aryl methyl sites for hydroxylation is 2. The number of halogens is 1. The Morgan fingerprint density at radius 3 is 2.58 bits per heavy atom. The number of carbonyl (C=O) groups is 1. The Bertz CT molecular complexity index is 1360. The molecule has 1 N–H and O–H groups in total. The number of fused-ring (bicyclic) bond motifs is 1. The summed E-state index contributed by atoms with van der Waals surface area (Å²) in [7, 11) is 0. The third kappa shape index (κ3) is 5.46. The fourth-order valence-corrected chi connectivity index (χ4v) is 5.09. The third-order valence-electron chi connectivity index (χ3n) is 7.09. The predicted molar refractivity (Wildman–Crippen MR) is 139 cm³/mol. The van der Waals surface area contributed by atoms with E-state index >= 15 is 0 Å². The first-order valence-electron chi connectivity index (χ1n) is 12.6. The van der Waals surface area contributed by atoms with Gasteiger partial charge in [0.25, 0.3) is 0 Å². The van der Waals surface area contributed by atoms with Gasteiger partial charge in [-0.1, -0.05) is 42.5 Å². The van der Waals surface area contributed by atoms with E-state index in [-0.39, 0.29) is 17.8 Å². The molecule has 6 nitrogen and oxygen atoms in total. The molecule has 0 radical (unpaired) electrons. The van der Waals surface area contributed by atoms with Crippen molar-refractivity contribution >= 4 is 11.6 Å². The van der Waals surface area contributed by atoms with Gasteiger partial charge in [-0.2, -0.15) is 5.10 Å². The van der Waals surface area contributed by atoms with Gasteiger partial charge in [-0.25, -0.2) is 13.9 Å². The van der Waals surface area contributed by atoms with E-state index in [1.54, 1.807) is 10.6 Å². The Morgan fingerprint density at radius 2 is 1.83 bits per heavy atom. The van der Waals surface area contributed by atoms with Gasteiger partial charge < -0.3 is 5.32 Å². The highest BCUT2D eigenvalue weighted by molar-refractivity contribution is 5.76. The van der Waals surface area contributed by atoms with Crippen molar-refractivity contribution < 1.29 is 9.18 Å². The highest BCUT2D eigenvalue weighted by Crippen LogP contribution is 2.23. The monoisotopic (exact) mass is 485 g/mol. The van der Waals surface area contributed by atoms with E-state index in [2.05, 4.69) is 39.6 Å². The lowest BCUT2D eigenvalue weighted by Crippen LogP contribution is -2.44. The van der Waals surface area contributed by atoms with Crippen LogP contribution in [0.25, 0.3) is 16.9 Å². The van der Waals surface area contributed by atoms with Crippen LogP contribution in [0.5, 0.6) is 0 Å². The number of amides is 1. The number of piperidine rings is 1. The summed E-state index contributed by atoms with van der Waals surface area (Å²) in [6.07, 6.45) is 2.96. The van der Waals surface area contributed by atoms with E-state index in [0.717, 1.165) is 55.1 Å². The predicted octanol–water partition coefficient (Wildman–Crippen LogP) is 4.87. The van der Waals surface area contributed by atoms with Gasteiger partial charge in [0, 0.05) is 55.1 Å². The summed E-state index contributed by atoms with van der Waals surface area (Å²) in [6, 6.07) is 19.0. The van der Waals surface area contributed by atoms with Gasteiger partial charge in [0.1, 0.15) is 5.82 Å². The molecule has 1 aliphatic rings. The zero-order valence-electron chi connectivity index (χ0n) is 20.9. The molecule has 0 unspecified atom stereocenters. The maximum Gasteiger partial charge on any atom is 0.220 e. The second kappa shape index (κ2) is 10.6. The molecule has 36 heavy (non-hydrogen) atoms. The summed E-state index contributed by atoms with van der Waals surface area (Å²) >= 11 is 0. The summed E-state index contributed by atoms with van der Waals surface area (Å²) < 4.78 is 15.5. The minimum Gasteiger partial charge on any atom is -0.353 e. The summed E-state index contributed by atoms with van der Waals surface area (Å²) in [5.74, 6) is -0.213. The first kappa shape index (κ1) is 24.1. The lowest BCUT2D eigenvalue weighted by Gasteiger charge is -2.32. The van der Waals surface area contributed by atoms with Crippen LogP contribution in [0.3, 0.4) is 0 Å². The summed E-state index contributed by atoms with van der Waals surface area (Å²) in [5, 5.41) is 7.90. The zero-order chi connectivity index (χ0) is 25.1. The van der Waals surface area contributed by atoms with Crippen molar-refractivity contribution in [1.29, 1.82) is 0 Å². The smallest absolute Gasteiger partial charge is 0.220 e. The lowest BCUT2D eigenvalue weighted by molar-refractivity contribution is -0.122. The Balaban J connectivity index is 1.18. The molecule has 1 fully saturated rings. The zero-order valence-corrected chi connectivity index (χ0v) is 20.9. The quantitative estimate of drug-likeness (QED) is 0.406. The molecule has 4 aromatic rings. The van der Waals surface area contributed by atoms with Gasteiger partial charge in [-0.05, 0) is 56.4 Å². The van der Waals surface area contributed by atoms with Crippen molar-refractivity contribution in [3.8, 4) is 11.3 Å². The summed E-state index contributed by atoms with van der Waals surface area (Å²) in [6.45, 7) is 6.92. The fourth-order valence-electron chi connectivity index (χ4n) is 5.09. The standard InChI is InChI=1S/C29H32FN5O/c1-20-26(21(2)35-28(31-20)18-27(33-35)23-9-6-10-24(30)17-23)11-12-29(36)32-25-13-15-34(16-14-25)19-22-7-4-3-5-8-22/h3-10,17-18,25H,11-16,19H2,1-2H3,(H,32,36). The lowest BCUT2D eigenvalue weighted by atomic mass is 10.0. The SMILES string of the molecule is Cc1nc2cc(-c3cccc(F)c3)nn2c(C)c1CCC(=O)NC1CCN(Cc2ccccc2)CC1. The fraction of sp³-hybridized carbons (Fsp3) is 0.345. The first-order chi connectivity index (χ1) is 17.5. The third-order valence-corrected chi connectivity index (χ3v) is 7.09. The average Bonchev–Trinajstić information content (AvgIpc) is 3.30. The summed E-state index contributed by atoms with van der Waals surface area (Å²) in [4.78, 5) is 19.9. The van der Waals surface area contributed by atoms with Gasteiger partial charge in [0.05, 0.1) is 5.69 Å². The first-order valence-corrected chi connectivity index (χ1v) is 12.6. The van der Waals surface area contributed by atoms with Crippen molar-refractivity contribution in [1.82, 2.24) is 24.8 Å². The van der Waals surface area contributed by atoms with Crippen LogP contribution in [0, 0.1) is 19.7 Å². The van der Waals surface area contributed by atoms with E-state index in [4.69, 9.17) is 4.98 Å². The molecular formula is C29H32FN5O. The van der Waals surface area contributed by atoms with Crippen molar-refractivity contribution in [2.75, 3.05) is 13.1 Å². The second-order valence-corrected chi connectivity index (χ2v) is 9.67. The van der Waals surface area contributed by atoms with Crippen molar-refractivity contribution in [2.45, 2.75) is 52.1 Å². The molecule has 1 aliphatic heterocycles. The maximum atomic E-state index is 13.7. The number of carbonyl (C=O) groups excluding carboxylic acids is 1. The van der Waals surface area contributed by atoms with Crippen LogP contribution in [0.4, 0.5) is 4.39 Å². The minimum absolute atomic E-state index is 0.0799. The van der Waals surface area contributed by atoms with Crippen LogP contribution in [0.1, 0.15) is 41.8 Å². The maximum absolute atomic E-state index is 13.7. The Labute approximate surface area is 211 Å². The number of aromatic nitrogens is 3. The van der Waals surface area contributed by atoms with Crippen LogP contribution in [0.15, 0.2) is 60.7 Å². The van der Waals surface area contributed by atoms with Crippen LogP contribution < -0.4 is 5.32 Å². The van der Waals surface area contributed by atoms with E-state index in [1.807, 2.05) is 32.0 Å². The number of nitrogens with zero attached hydrogens (tertiary/aromatic N) is 4. The number of hydrogen-bond acceptors (Lipinski definition) is 4. The van der Waals surface area contributed by atoms with E-state index < -0.39 is 0 Å². The number of likely N-dealkylation sites (tertiary alicyclic amines) is 1. The van der Waals surface area contributed by atoms with E-state index in [0.29, 0.717) is 24.1 Å². The van der Waals surface area contributed by atoms with Gasteiger partial charge in [0.15, 0.2) is 5.65 Å². The topological polar surface area (TPSA) is 62.5 Å². The molecule has 2 aromatic heterocycles.